The lowest BCUT2D eigenvalue weighted by atomic mass is 10.3. The van der Waals surface area contributed by atoms with E-state index >= 15 is 0 Å². The minimum absolute atomic E-state index is 0.117. The number of likely N-dealkylation sites (tertiary alicyclic amines) is 1. The number of aliphatic hydroxyl groups is 1. The Hall–Kier alpha value is -1.14. The van der Waals surface area contributed by atoms with Crippen molar-refractivity contribution in [3.05, 3.63) is 0 Å². The largest absolute Gasteiger partial charge is 0.453 e. The minimum atomic E-state index is -0.755. The quantitative estimate of drug-likeness (QED) is 0.596. The number of hydrogen-bond donors (Lipinski definition) is 2. The summed E-state index contributed by atoms with van der Waals surface area (Å²) in [5, 5.41) is 11.2. The molecular formula is C8H14N2O4. The van der Waals surface area contributed by atoms with Crippen LogP contribution in [0.4, 0.5) is 4.79 Å². The van der Waals surface area contributed by atoms with Crippen LogP contribution in [0.15, 0.2) is 0 Å². The molecule has 0 aromatic rings. The first-order valence-corrected chi connectivity index (χ1v) is 4.40. The maximum absolute atomic E-state index is 11.1. The smallest absolute Gasteiger partial charge is 0.413 e. The number of aliphatic hydroxyl groups excluding tert-OH is 1. The average molecular weight is 202 g/mol. The second kappa shape index (κ2) is 4.92. The molecule has 1 rings (SSSR count). The Balaban J connectivity index is 2.23. The summed E-state index contributed by atoms with van der Waals surface area (Å²) >= 11 is 0. The third-order valence-electron chi connectivity index (χ3n) is 2.04. The van der Waals surface area contributed by atoms with E-state index in [2.05, 4.69) is 4.74 Å². The number of nitrogens with zero attached hydrogens (tertiary/aromatic N) is 1. The molecule has 1 fully saturated rings. The molecule has 1 unspecified atom stereocenters. The second-order valence-electron chi connectivity index (χ2n) is 3.22. The molecule has 0 aromatic heterocycles. The van der Waals surface area contributed by atoms with Gasteiger partial charge in [0.15, 0.2) is 0 Å². The minimum Gasteiger partial charge on any atom is -0.453 e. The average Bonchev–Trinajstić information content (AvgIpc) is 2.50. The molecule has 2 amide bonds. The Labute approximate surface area is 81.8 Å². The van der Waals surface area contributed by atoms with Gasteiger partial charge in [0.25, 0.3) is 0 Å². The van der Waals surface area contributed by atoms with Crippen LogP contribution in [-0.2, 0) is 9.53 Å². The highest BCUT2D eigenvalue weighted by Crippen LogP contribution is 2.07. The predicted molar refractivity (Wildman–Crippen MR) is 47.6 cm³/mol. The number of β-amino-alcohol motifs (C(OH)–C–C–N with tert-alkyl or cyclic N) is 1. The van der Waals surface area contributed by atoms with Crippen molar-refractivity contribution in [3.8, 4) is 0 Å². The summed E-state index contributed by atoms with van der Waals surface area (Å²) in [6.07, 6.45) is -0.443. The number of methoxy groups -OCH3 is 1. The summed E-state index contributed by atoms with van der Waals surface area (Å²) in [6.45, 7) is 1.27. The molecule has 1 saturated heterocycles. The highest BCUT2D eigenvalue weighted by atomic mass is 16.5. The molecule has 6 nitrogen and oxygen atoms in total. The fraction of sp³-hybridized carbons (Fsp3) is 0.750. The number of amides is 2. The number of carbonyl (C=O) groups is 2. The second-order valence-corrected chi connectivity index (χ2v) is 3.22. The van der Waals surface area contributed by atoms with E-state index in [1.165, 1.54) is 7.11 Å². The predicted octanol–water partition coefficient (Wildman–Crippen LogP) is -1.06. The Bertz CT molecular complexity index is 231. The van der Waals surface area contributed by atoms with Crippen LogP contribution in [-0.4, -0.2) is 54.9 Å². The monoisotopic (exact) mass is 202 g/mol. The lowest BCUT2D eigenvalue weighted by molar-refractivity contribution is -0.121. The molecule has 0 aliphatic carbocycles. The number of alkyl carbamates (subject to hydrolysis) is 1. The molecule has 80 valence electrons. The normalized spacial score (nSPS) is 22.0. The van der Waals surface area contributed by atoms with Crippen molar-refractivity contribution in [2.24, 2.45) is 0 Å². The lowest BCUT2D eigenvalue weighted by Gasteiger charge is -2.13. The highest BCUT2D eigenvalue weighted by molar-refractivity contribution is 5.92. The van der Waals surface area contributed by atoms with Crippen LogP contribution in [0, 0.1) is 0 Å². The van der Waals surface area contributed by atoms with E-state index in [0.717, 1.165) is 0 Å². The van der Waals surface area contributed by atoms with Gasteiger partial charge in [-0.05, 0) is 6.42 Å². The van der Waals surface area contributed by atoms with Crippen LogP contribution in [0.1, 0.15) is 6.42 Å². The molecule has 0 aromatic carbocycles. The van der Waals surface area contributed by atoms with E-state index in [1.54, 1.807) is 4.90 Å². The van der Waals surface area contributed by atoms with Crippen LogP contribution < -0.4 is 5.32 Å². The van der Waals surface area contributed by atoms with Gasteiger partial charge in [-0.25, -0.2) is 4.79 Å². The number of imide groups is 1. The van der Waals surface area contributed by atoms with Crippen LogP contribution in [0.2, 0.25) is 0 Å². The topological polar surface area (TPSA) is 78.9 Å². The van der Waals surface area contributed by atoms with Crippen molar-refractivity contribution >= 4 is 12.0 Å². The number of ether oxygens (including phenoxy) is 1. The van der Waals surface area contributed by atoms with Crippen molar-refractivity contribution in [1.82, 2.24) is 10.2 Å². The van der Waals surface area contributed by atoms with Crippen LogP contribution in [0.3, 0.4) is 0 Å². The molecule has 0 bridgehead atoms. The number of rotatable bonds is 2. The first-order chi connectivity index (χ1) is 6.61. The molecule has 0 spiro atoms. The third-order valence-corrected chi connectivity index (χ3v) is 2.04. The molecular weight excluding hydrogens is 188 g/mol. The number of hydrogen-bond acceptors (Lipinski definition) is 5. The van der Waals surface area contributed by atoms with E-state index in [4.69, 9.17) is 0 Å². The zero-order valence-corrected chi connectivity index (χ0v) is 8.02. The fourth-order valence-corrected chi connectivity index (χ4v) is 1.36. The summed E-state index contributed by atoms with van der Waals surface area (Å²) in [6, 6.07) is 0. The van der Waals surface area contributed by atoms with Crippen molar-refractivity contribution in [2.45, 2.75) is 12.5 Å². The van der Waals surface area contributed by atoms with Gasteiger partial charge in [0, 0.05) is 13.1 Å². The molecule has 1 atom stereocenters. The first kappa shape index (κ1) is 10.9. The van der Waals surface area contributed by atoms with Gasteiger partial charge in [0.2, 0.25) is 5.91 Å². The third kappa shape index (κ3) is 3.31. The van der Waals surface area contributed by atoms with Crippen molar-refractivity contribution < 1.29 is 19.4 Å². The summed E-state index contributed by atoms with van der Waals surface area (Å²) < 4.78 is 4.27. The zero-order valence-electron chi connectivity index (χ0n) is 8.02. The van der Waals surface area contributed by atoms with Gasteiger partial charge in [-0.3, -0.25) is 15.0 Å². The Kier molecular flexibility index (Phi) is 3.84. The lowest BCUT2D eigenvalue weighted by Crippen LogP contribution is -2.39. The maximum Gasteiger partial charge on any atom is 0.413 e. The zero-order chi connectivity index (χ0) is 10.6. The van der Waals surface area contributed by atoms with Gasteiger partial charge < -0.3 is 9.84 Å². The summed E-state index contributed by atoms with van der Waals surface area (Å²) in [7, 11) is 1.20. The van der Waals surface area contributed by atoms with Crippen LogP contribution in [0.5, 0.6) is 0 Å². The number of carbonyl (C=O) groups excluding carboxylic acids is 2. The Morgan fingerprint density at radius 3 is 2.86 bits per heavy atom. The molecule has 0 radical (unpaired) electrons. The van der Waals surface area contributed by atoms with E-state index < -0.39 is 12.0 Å². The highest BCUT2D eigenvalue weighted by Gasteiger charge is 2.22. The Morgan fingerprint density at radius 1 is 1.64 bits per heavy atom. The standard InChI is InChI=1S/C8H14N2O4/c1-14-8(13)9-7(12)5-10-3-2-6(11)4-10/h6,11H,2-5H2,1H3,(H,9,12,13). The van der Waals surface area contributed by atoms with Gasteiger partial charge in [0.1, 0.15) is 0 Å². The van der Waals surface area contributed by atoms with Gasteiger partial charge in [0.05, 0.1) is 19.8 Å². The van der Waals surface area contributed by atoms with Gasteiger partial charge in [-0.2, -0.15) is 0 Å². The van der Waals surface area contributed by atoms with E-state index in [9.17, 15) is 14.7 Å². The maximum atomic E-state index is 11.1. The fourth-order valence-electron chi connectivity index (χ4n) is 1.36. The molecule has 6 heteroatoms. The van der Waals surface area contributed by atoms with Gasteiger partial charge in [-0.15, -0.1) is 0 Å². The molecule has 1 aliphatic heterocycles. The van der Waals surface area contributed by atoms with E-state index in [0.29, 0.717) is 19.5 Å². The van der Waals surface area contributed by atoms with E-state index in [1.807, 2.05) is 5.32 Å². The van der Waals surface area contributed by atoms with Gasteiger partial charge in [-0.1, -0.05) is 0 Å². The molecule has 0 saturated carbocycles. The van der Waals surface area contributed by atoms with Crippen molar-refractivity contribution in [1.29, 1.82) is 0 Å². The SMILES string of the molecule is COC(=O)NC(=O)CN1CCC(O)C1. The van der Waals surface area contributed by atoms with Crippen LogP contribution >= 0.6 is 0 Å². The van der Waals surface area contributed by atoms with E-state index in [-0.39, 0.29) is 12.6 Å². The summed E-state index contributed by atoms with van der Waals surface area (Å²) in [4.78, 5) is 23.6. The number of nitrogens with one attached hydrogen (secondary N) is 1. The molecule has 2 N–H and O–H groups in total. The molecule has 14 heavy (non-hydrogen) atoms. The first-order valence-electron chi connectivity index (χ1n) is 4.40. The summed E-state index contributed by atoms with van der Waals surface area (Å²) in [5.74, 6) is -0.411. The van der Waals surface area contributed by atoms with Crippen molar-refractivity contribution in [3.63, 3.8) is 0 Å². The Morgan fingerprint density at radius 2 is 2.36 bits per heavy atom. The summed E-state index contributed by atoms with van der Waals surface area (Å²) in [5.41, 5.74) is 0. The van der Waals surface area contributed by atoms with Crippen molar-refractivity contribution in [2.75, 3.05) is 26.7 Å². The van der Waals surface area contributed by atoms with Crippen LogP contribution in [0.25, 0.3) is 0 Å². The molecule has 1 heterocycles. The molecule has 1 aliphatic rings. The van der Waals surface area contributed by atoms with Gasteiger partial charge >= 0.3 is 6.09 Å².